The van der Waals surface area contributed by atoms with E-state index in [1.54, 1.807) is 20.8 Å². The number of nitrogens with one attached hydrogen (secondary N) is 1. The number of carbonyl (C=O) groups is 2. The SMILES string of the molecule is CC(C)(C)OC(=O)Nc1ccc(O)cc1C(C)(C)C(=O)O. The molecule has 21 heavy (non-hydrogen) atoms. The average molecular weight is 295 g/mol. The van der Waals surface area contributed by atoms with Crippen molar-refractivity contribution in [3.8, 4) is 5.75 Å². The first kappa shape index (κ1) is 16.8. The lowest BCUT2D eigenvalue weighted by molar-refractivity contribution is -0.142. The largest absolute Gasteiger partial charge is 0.508 e. The van der Waals surface area contributed by atoms with Crippen molar-refractivity contribution in [2.45, 2.75) is 45.6 Å². The van der Waals surface area contributed by atoms with Crippen LogP contribution in [0.2, 0.25) is 0 Å². The number of carboxylic acids is 1. The second-order valence-electron chi connectivity index (χ2n) is 6.29. The number of benzene rings is 1. The zero-order chi connectivity index (χ0) is 16.4. The predicted octanol–water partition coefficient (Wildman–Crippen LogP) is 3.10. The highest BCUT2D eigenvalue weighted by Gasteiger charge is 2.33. The molecule has 0 spiro atoms. The van der Waals surface area contributed by atoms with Gasteiger partial charge in [-0.25, -0.2) is 4.79 Å². The topological polar surface area (TPSA) is 95.9 Å². The minimum atomic E-state index is -1.27. The molecule has 0 radical (unpaired) electrons. The number of hydrogen-bond donors (Lipinski definition) is 3. The maximum atomic E-state index is 11.8. The number of phenols is 1. The fourth-order valence-electron chi connectivity index (χ4n) is 1.69. The van der Waals surface area contributed by atoms with E-state index in [9.17, 15) is 19.8 Å². The Bertz CT molecular complexity index is 558. The minimum Gasteiger partial charge on any atom is -0.508 e. The Morgan fingerprint density at radius 1 is 1.14 bits per heavy atom. The van der Waals surface area contributed by atoms with Gasteiger partial charge in [-0.3, -0.25) is 10.1 Å². The average Bonchev–Trinajstić information content (AvgIpc) is 2.28. The van der Waals surface area contributed by atoms with Gasteiger partial charge < -0.3 is 14.9 Å². The Hall–Kier alpha value is -2.24. The first-order valence-corrected chi connectivity index (χ1v) is 6.50. The predicted molar refractivity (Wildman–Crippen MR) is 78.6 cm³/mol. The molecule has 0 aliphatic carbocycles. The molecule has 1 aromatic carbocycles. The van der Waals surface area contributed by atoms with Gasteiger partial charge in [0.25, 0.3) is 0 Å². The normalized spacial score (nSPS) is 11.9. The summed E-state index contributed by atoms with van der Waals surface area (Å²) in [5, 5.41) is 21.4. The van der Waals surface area contributed by atoms with E-state index >= 15 is 0 Å². The van der Waals surface area contributed by atoms with Crippen molar-refractivity contribution in [2.75, 3.05) is 5.32 Å². The van der Waals surface area contributed by atoms with Crippen LogP contribution in [0.1, 0.15) is 40.2 Å². The standard InChI is InChI=1S/C15H21NO5/c1-14(2,3)21-13(20)16-11-7-6-9(17)8-10(11)15(4,5)12(18)19/h6-8,17H,1-5H3,(H,16,20)(H,18,19). The molecule has 0 saturated heterocycles. The number of carbonyl (C=O) groups excluding carboxylic acids is 1. The van der Waals surface area contributed by atoms with Crippen molar-refractivity contribution < 1.29 is 24.5 Å². The summed E-state index contributed by atoms with van der Waals surface area (Å²) < 4.78 is 5.14. The molecule has 0 heterocycles. The molecule has 6 nitrogen and oxygen atoms in total. The number of carboxylic acid groups (broad SMARTS) is 1. The van der Waals surface area contributed by atoms with Crippen LogP contribution in [-0.4, -0.2) is 27.9 Å². The summed E-state index contributed by atoms with van der Waals surface area (Å²) in [7, 11) is 0. The van der Waals surface area contributed by atoms with Crippen molar-refractivity contribution in [2.24, 2.45) is 0 Å². The fraction of sp³-hybridized carbons (Fsp3) is 0.467. The zero-order valence-electron chi connectivity index (χ0n) is 12.9. The van der Waals surface area contributed by atoms with E-state index in [4.69, 9.17) is 4.74 Å². The van der Waals surface area contributed by atoms with Crippen LogP contribution in [0.3, 0.4) is 0 Å². The third kappa shape index (κ3) is 4.37. The summed E-state index contributed by atoms with van der Waals surface area (Å²) in [6.45, 7) is 8.16. The Labute approximate surface area is 123 Å². The third-order valence-corrected chi connectivity index (χ3v) is 2.85. The van der Waals surface area contributed by atoms with Crippen molar-refractivity contribution in [1.82, 2.24) is 0 Å². The second-order valence-corrected chi connectivity index (χ2v) is 6.29. The zero-order valence-corrected chi connectivity index (χ0v) is 12.9. The Morgan fingerprint density at radius 2 is 1.71 bits per heavy atom. The Morgan fingerprint density at radius 3 is 2.19 bits per heavy atom. The maximum Gasteiger partial charge on any atom is 0.412 e. The lowest BCUT2D eigenvalue weighted by atomic mass is 9.83. The van der Waals surface area contributed by atoms with Gasteiger partial charge in [-0.2, -0.15) is 0 Å². The molecular formula is C15H21NO5. The van der Waals surface area contributed by atoms with Crippen LogP contribution in [0.25, 0.3) is 0 Å². The number of hydrogen-bond acceptors (Lipinski definition) is 4. The number of aliphatic carboxylic acids is 1. The van der Waals surface area contributed by atoms with Crippen molar-refractivity contribution in [3.63, 3.8) is 0 Å². The smallest absolute Gasteiger partial charge is 0.412 e. The molecule has 116 valence electrons. The molecule has 0 aliphatic heterocycles. The lowest BCUT2D eigenvalue weighted by Gasteiger charge is -2.25. The van der Waals surface area contributed by atoms with Gasteiger partial charge in [0.2, 0.25) is 0 Å². The lowest BCUT2D eigenvalue weighted by Crippen LogP contribution is -2.31. The van der Waals surface area contributed by atoms with Crippen LogP contribution in [0, 0.1) is 0 Å². The van der Waals surface area contributed by atoms with Crippen LogP contribution in [-0.2, 0) is 14.9 Å². The summed E-state index contributed by atoms with van der Waals surface area (Å²) in [5.41, 5.74) is -1.36. The number of rotatable bonds is 3. The summed E-state index contributed by atoms with van der Waals surface area (Å²) in [4.78, 5) is 23.2. The number of anilines is 1. The van der Waals surface area contributed by atoms with Gasteiger partial charge in [0.05, 0.1) is 5.41 Å². The van der Waals surface area contributed by atoms with Crippen LogP contribution in [0.5, 0.6) is 5.75 Å². The van der Waals surface area contributed by atoms with Gasteiger partial charge >= 0.3 is 12.1 Å². The summed E-state index contributed by atoms with van der Waals surface area (Å²) in [6, 6.07) is 4.13. The first-order chi connectivity index (χ1) is 9.43. The van der Waals surface area contributed by atoms with Crippen molar-refractivity contribution >= 4 is 17.7 Å². The third-order valence-electron chi connectivity index (χ3n) is 2.85. The van der Waals surface area contributed by atoms with Crippen molar-refractivity contribution in [3.05, 3.63) is 23.8 Å². The number of ether oxygens (including phenoxy) is 1. The first-order valence-electron chi connectivity index (χ1n) is 6.50. The molecule has 3 N–H and O–H groups in total. The van der Waals surface area contributed by atoms with Gasteiger partial charge in [0.1, 0.15) is 11.4 Å². The highest BCUT2D eigenvalue weighted by Crippen LogP contribution is 2.33. The second kappa shape index (κ2) is 5.63. The summed E-state index contributed by atoms with van der Waals surface area (Å²) in [6.07, 6.45) is -0.685. The van der Waals surface area contributed by atoms with Crippen LogP contribution < -0.4 is 5.32 Å². The van der Waals surface area contributed by atoms with E-state index in [0.29, 0.717) is 5.56 Å². The maximum absolute atomic E-state index is 11.8. The molecule has 1 aromatic rings. The molecular weight excluding hydrogens is 274 g/mol. The molecule has 0 aromatic heterocycles. The Balaban J connectivity index is 3.14. The number of amides is 1. The minimum absolute atomic E-state index is 0.0749. The molecule has 1 rings (SSSR count). The molecule has 0 fully saturated rings. The van der Waals surface area contributed by atoms with E-state index in [1.165, 1.54) is 32.0 Å². The fourth-order valence-corrected chi connectivity index (χ4v) is 1.69. The van der Waals surface area contributed by atoms with E-state index in [1.807, 2.05) is 0 Å². The van der Waals surface area contributed by atoms with Crippen molar-refractivity contribution in [1.29, 1.82) is 0 Å². The molecule has 0 bridgehead atoms. The molecule has 6 heteroatoms. The number of aromatic hydroxyl groups is 1. The van der Waals surface area contributed by atoms with E-state index in [2.05, 4.69) is 5.32 Å². The van der Waals surface area contributed by atoms with E-state index in [-0.39, 0.29) is 11.4 Å². The van der Waals surface area contributed by atoms with E-state index < -0.39 is 23.1 Å². The van der Waals surface area contributed by atoms with E-state index in [0.717, 1.165) is 0 Å². The molecule has 0 atom stereocenters. The summed E-state index contributed by atoms with van der Waals surface area (Å²) in [5.74, 6) is -1.14. The highest BCUT2D eigenvalue weighted by molar-refractivity contribution is 5.90. The van der Waals surface area contributed by atoms with Gasteiger partial charge in [0, 0.05) is 5.69 Å². The Kier molecular flexibility index (Phi) is 4.51. The quantitative estimate of drug-likeness (QED) is 0.745. The molecule has 0 saturated carbocycles. The van der Waals surface area contributed by atoms with Gasteiger partial charge in [0.15, 0.2) is 0 Å². The van der Waals surface area contributed by atoms with Crippen LogP contribution in [0.15, 0.2) is 18.2 Å². The molecule has 0 unspecified atom stereocenters. The monoisotopic (exact) mass is 295 g/mol. The number of phenolic OH excluding ortho intramolecular Hbond substituents is 1. The summed E-state index contributed by atoms with van der Waals surface area (Å²) >= 11 is 0. The van der Waals surface area contributed by atoms with Gasteiger partial charge in [-0.1, -0.05) is 0 Å². The van der Waals surface area contributed by atoms with Gasteiger partial charge in [-0.15, -0.1) is 0 Å². The van der Waals surface area contributed by atoms with Crippen LogP contribution in [0.4, 0.5) is 10.5 Å². The molecule has 0 aliphatic rings. The molecule has 1 amide bonds. The highest BCUT2D eigenvalue weighted by atomic mass is 16.6. The van der Waals surface area contributed by atoms with Crippen LogP contribution >= 0.6 is 0 Å². The van der Waals surface area contributed by atoms with Gasteiger partial charge in [-0.05, 0) is 58.4 Å².